The van der Waals surface area contributed by atoms with E-state index in [9.17, 15) is 4.79 Å². The Hall–Kier alpha value is -1.04. The number of rotatable bonds is 5. The topological polar surface area (TPSA) is 44.1 Å². The fourth-order valence-corrected chi connectivity index (χ4v) is 1.38. The van der Waals surface area contributed by atoms with Crippen LogP contribution in [0, 0.1) is 17.2 Å². The van der Waals surface area contributed by atoms with Crippen LogP contribution in [0.3, 0.4) is 0 Å². The smallest absolute Gasteiger partial charge is 0.236 e. The number of nitrogens with zero attached hydrogens (tertiary/aromatic N) is 2. The molecule has 1 aliphatic carbocycles. The van der Waals surface area contributed by atoms with Crippen LogP contribution in [0.4, 0.5) is 0 Å². The molecule has 0 aliphatic heterocycles. The zero-order valence-corrected chi connectivity index (χ0v) is 8.12. The lowest BCUT2D eigenvalue weighted by Crippen LogP contribution is -2.33. The molecule has 1 amide bonds. The van der Waals surface area contributed by atoms with Crippen LogP contribution in [0.2, 0.25) is 0 Å². The second kappa shape index (κ2) is 4.86. The second-order valence-corrected chi connectivity index (χ2v) is 3.62. The average molecular weight is 180 g/mol. The van der Waals surface area contributed by atoms with Gasteiger partial charge in [0.05, 0.1) is 6.07 Å². The predicted molar refractivity (Wildman–Crippen MR) is 49.8 cm³/mol. The van der Waals surface area contributed by atoms with Gasteiger partial charge in [-0.3, -0.25) is 4.79 Å². The maximum atomic E-state index is 11.4. The Labute approximate surface area is 79.3 Å². The molecule has 0 radical (unpaired) electrons. The van der Waals surface area contributed by atoms with Gasteiger partial charge in [-0.2, -0.15) is 5.26 Å². The Bertz CT molecular complexity index is 215. The molecule has 0 saturated heterocycles. The third-order valence-corrected chi connectivity index (χ3v) is 2.25. The lowest BCUT2D eigenvalue weighted by atomic mass is 10.3. The number of nitriles is 1. The fourth-order valence-electron chi connectivity index (χ4n) is 1.38. The van der Waals surface area contributed by atoms with Crippen molar-refractivity contribution in [1.29, 1.82) is 5.26 Å². The first-order valence-corrected chi connectivity index (χ1v) is 4.92. The number of carbonyl (C=O) groups is 1. The van der Waals surface area contributed by atoms with Crippen molar-refractivity contribution >= 4 is 5.91 Å². The molecule has 0 aromatic heterocycles. The zero-order chi connectivity index (χ0) is 9.68. The molecule has 3 nitrogen and oxygen atoms in total. The van der Waals surface area contributed by atoms with E-state index in [4.69, 9.17) is 5.26 Å². The van der Waals surface area contributed by atoms with Crippen LogP contribution in [0.1, 0.15) is 32.6 Å². The first kappa shape index (κ1) is 10.0. The van der Waals surface area contributed by atoms with Crippen molar-refractivity contribution in [2.45, 2.75) is 32.6 Å². The summed E-state index contributed by atoms with van der Waals surface area (Å²) in [5, 5.41) is 8.41. The SMILES string of the molecule is CCCN(CC1CC1)C(=O)CC#N. The van der Waals surface area contributed by atoms with E-state index in [1.807, 2.05) is 11.0 Å². The molecule has 1 aliphatic rings. The van der Waals surface area contributed by atoms with Crippen molar-refractivity contribution in [1.82, 2.24) is 4.90 Å². The molecule has 0 unspecified atom stereocenters. The summed E-state index contributed by atoms with van der Waals surface area (Å²) >= 11 is 0. The van der Waals surface area contributed by atoms with E-state index in [2.05, 4.69) is 6.92 Å². The van der Waals surface area contributed by atoms with E-state index in [0.29, 0.717) is 5.92 Å². The van der Waals surface area contributed by atoms with Crippen molar-refractivity contribution in [3.8, 4) is 6.07 Å². The Balaban J connectivity index is 2.35. The standard InChI is InChI=1S/C10H16N2O/c1-2-7-12(8-9-3-4-9)10(13)5-6-11/h9H,2-5,7-8H2,1H3. The summed E-state index contributed by atoms with van der Waals surface area (Å²) in [5.41, 5.74) is 0. The van der Waals surface area contributed by atoms with E-state index in [1.54, 1.807) is 0 Å². The zero-order valence-electron chi connectivity index (χ0n) is 8.12. The summed E-state index contributed by atoms with van der Waals surface area (Å²) in [6.07, 6.45) is 3.51. The van der Waals surface area contributed by atoms with Crippen LogP contribution in [0.15, 0.2) is 0 Å². The number of hydrogen-bond acceptors (Lipinski definition) is 2. The van der Waals surface area contributed by atoms with Gasteiger partial charge in [0.15, 0.2) is 0 Å². The molecule has 3 heteroatoms. The fraction of sp³-hybridized carbons (Fsp3) is 0.800. The third kappa shape index (κ3) is 3.45. The first-order chi connectivity index (χ1) is 6.27. The molecule has 1 saturated carbocycles. The maximum Gasteiger partial charge on any atom is 0.236 e. The molecular weight excluding hydrogens is 164 g/mol. The molecule has 0 atom stereocenters. The van der Waals surface area contributed by atoms with Crippen LogP contribution < -0.4 is 0 Å². The molecular formula is C10H16N2O. The molecule has 1 rings (SSSR count). The number of hydrogen-bond donors (Lipinski definition) is 0. The van der Waals surface area contributed by atoms with Gasteiger partial charge >= 0.3 is 0 Å². The van der Waals surface area contributed by atoms with E-state index < -0.39 is 0 Å². The number of carbonyl (C=O) groups excluding carboxylic acids is 1. The summed E-state index contributed by atoms with van der Waals surface area (Å²) in [4.78, 5) is 13.2. The molecule has 0 aromatic rings. The van der Waals surface area contributed by atoms with Gasteiger partial charge in [0.25, 0.3) is 0 Å². The Kier molecular flexibility index (Phi) is 3.75. The van der Waals surface area contributed by atoms with Gasteiger partial charge in [-0.15, -0.1) is 0 Å². The minimum Gasteiger partial charge on any atom is -0.342 e. The normalized spacial score (nSPS) is 15.1. The minimum atomic E-state index is -0.00347. The van der Waals surface area contributed by atoms with Crippen LogP contribution in [-0.2, 0) is 4.79 Å². The van der Waals surface area contributed by atoms with Crippen LogP contribution in [-0.4, -0.2) is 23.9 Å². The quantitative estimate of drug-likeness (QED) is 0.644. The van der Waals surface area contributed by atoms with Gasteiger partial charge in [-0.25, -0.2) is 0 Å². The molecule has 0 N–H and O–H groups in total. The highest BCUT2D eigenvalue weighted by Crippen LogP contribution is 2.29. The van der Waals surface area contributed by atoms with E-state index >= 15 is 0 Å². The van der Waals surface area contributed by atoms with Crippen molar-refractivity contribution in [3.63, 3.8) is 0 Å². The summed E-state index contributed by atoms with van der Waals surface area (Å²) in [6, 6.07) is 1.91. The van der Waals surface area contributed by atoms with Gasteiger partial charge in [-0.05, 0) is 25.2 Å². The van der Waals surface area contributed by atoms with Gasteiger partial charge < -0.3 is 4.90 Å². The summed E-state index contributed by atoms with van der Waals surface area (Å²) in [5.74, 6) is 0.713. The Morgan fingerprint density at radius 1 is 1.62 bits per heavy atom. The second-order valence-electron chi connectivity index (χ2n) is 3.62. The van der Waals surface area contributed by atoms with Crippen molar-refractivity contribution in [2.75, 3.05) is 13.1 Å². The highest BCUT2D eigenvalue weighted by atomic mass is 16.2. The lowest BCUT2D eigenvalue weighted by molar-refractivity contribution is -0.130. The van der Waals surface area contributed by atoms with Gasteiger partial charge in [-0.1, -0.05) is 6.92 Å². The van der Waals surface area contributed by atoms with Crippen molar-refractivity contribution in [3.05, 3.63) is 0 Å². The van der Waals surface area contributed by atoms with Crippen LogP contribution in [0.5, 0.6) is 0 Å². The van der Waals surface area contributed by atoms with Crippen LogP contribution in [0.25, 0.3) is 0 Å². The van der Waals surface area contributed by atoms with Gasteiger partial charge in [0, 0.05) is 13.1 Å². The molecule has 0 heterocycles. The van der Waals surface area contributed by atoms with Gasteiger partial charge in [0.2, 0.25) is 5.91 Å². The molecule has 0 bridgehead atoms. The maximum absolute atomic E-state index is 11.4. The summed E-state index contributed by atoms with van der Waals surface area (Å²) < 4.78 is 0. The predicted octanol–water partition coefficient (Wildman–Crippen LogP) is 1.55. The largest absolute Gasteiger partial charge is 0.342 e. The molecule has 72 valence electrons. The Morgan fingerprint density at radius 3 is 2.77 bits per heavy atom. The van der Waals surface area contributed by atoms with Gasteiger partial charge in [0.1, 0.15) is 6.42 Å². The minimum absolute atomic E-state index is 0.00347. The first-order valence-electron chi connectivity index (χ1n) is 4.92. The molecule has 13 heavy (non-hydrogen) atoms. The highest BCUT2D eigenvalue weighted by molar-refractivity contribution is 5.78. The lowest BCUT2D eigenvalue weighted by Gasteiger charge is -2.20. The molecule has 1 fully saturated rings. The Morgan fingerprint density at radius 2 is 2.31 bits per heavy atom. The average Bonchev–Trinajstić information content (AvgIpc) is 2.88. The van der Waals surface area contributed by atoms with E-state index in [0.717, 1.165) is 19.5 Å². The van der Waals surface area contributed by atoms with Crippen molar-refractivity contribution < 1.29 is 4.79 Å². The van der Waals surface area contributed by atoms with Crippen molar-refractivity contribution in [2.24, 2.45) is 5.92 Å². The summed E-state index contributed by atoms with van der Waals surface area (Å²) in [6.45, 7) is 3.73. The monoisotopic (exact) mass is 180 g/mol. The van der Waals surface area contributed by atoms with E-state index in [-0.39, 0.29) is 12.3 Å². The van der Waals surface area contributed by atoms with E-state index in [1.165, 1.54) is 12.8 Å². The van der Waals surface area contributed by atoms with Crippen LogP contribution >= 0.6 is 0 Å². The number of amides is 1. The summed E-state index contributed by atoms with van der Waals surface area (Å²) in [7, 11) is 0. The molecule has 0 spiro atoms. The highest BCUT2D eigenvalue weighted by Gasteiger charge is 2.25. The third-order valence-electron chi connectivity index (χ3n) is 2.25. The molecule has 0 aromatic carbocycles.